The number of carbonyl (C=O) groups is 1. The molecule has 29 heavy (non-hydrogen) atoms. The Kier molecular flexibility index (Phi) is 8.86. The molecule has 1 N–H and O–H groups in total. The normalized spacial score (nSPS) is 19.4. The summed E-state index contributed by atoms with van der Waals surface area (Å²) in [7, 11) is 0. The van der Waals surface area contributed by atoms with E-state index in [1.807, 2.05) is 6.07 Å². The lowest BCUT2D eigenvalue weighted by Crippen LogP contribution is -2.26. The van der Waals surface area contributed by atoms with Crippen molar-refractivity contribution in [3.8, 4) is 17.6 Å². The molecular formula is C22H21F2IO4. The number of hydrogen-bond donors (Lipinski definition) is 1. The number of ether oxygens (including phenoxy) is 2. The second kappa shape index (κ2) is 11.1. The Morgan fingerprint density at radius 1 is 1.48 bits per heavy atom. The topological polar surface area (TPSA) is 55.8 Å². The molecule has 1 aromatic rings. The van der Waals surface area contributed by atoms with E-state index in [2.05, 4.69) is 34.4 Å². The van der Waals surface area contributed by atoms with Crippen LogP contribution in [0.4, 0.5) is 8.78 Å². The number of halogens is 3. The average Bonchev–Trinajstić information content (AvgIpc) is 2.65. The highest BCUT2D eigenvalue weighted by atomic mass is 127. The van der Waals surface area contributed by atoms with Gasteiger partial charge in [-0.2, -0.15) is 0 Å². The molecule has 2 rings (SSSR count). The van der Waals surface area contributed by atoms with Gasteiger partial charge < -0.3 is 14.6 Å². The van der Waals surface area contributed by atoms with Gasteiger partial charge in [-0.15, -0.1) is 0 Å². The first kappa shape index (κ1) is 23.1. The Labute approximate surface area is 182 Å². The number of carboxylic acid groups (broad SMARTS) is 1. The summed E-state index contributed by atoms with van der Waals surface area (Å²) in [5, 5.41) is 9.17. The van der Waals surface area contributed by atoms with Crippen LogP contribution in [-0.4, -0.2) is 36.1 Å². The highest BCUT2D eigenvalue weighted by molar-refractivity contribution is 14.1. The van der Waals surface area contributed by atoms with Crippen LogP contribution in [0.1, 0.15) is 18.9 Å². The second-order valence-corrected chi connectivity index (χ2v) is 7.41. The van der Waals surface area contributed by atoms with Crippen LogP contribution in [0.5, 0.6) is 5.75 Å². The molecule has 2 atom stereocenters. The number of carboxylic acids is 1. The molecule has 0 spiro atoms. The molecule has 1 aromatic carbocycles. The van der Waals surface area contributed by atoms with Gasteiger partial charge in [-0.05, 0) is 71.5 Å². The van der Waals surface area contributed by atoms with Crippen molar-refractivity contribution in [3.05, 3.63) is 63.5 Å². The van der Waals surface area contributed by atoms with E-state index in [0.29, 0.717) is 12.4 Å². The summed E-state index contributed by atoms with van der Waals surface area (Å²) in [4.78, 5) is 11.2. The van der Waals surface area contributed by atoms with Crippen LogP contribution in [0.15, 0.2) is 54.4 Å². The van der Waals surface area contributed by atoms with Gasteiger partial charge in [-0.3, -0.25) is 0 Å². The smallest absolute Gasteiger partial charge is 0.333 e. The van der Waals surface area contributed by atoms with E-state index in [1.54, 1.807) is 25.1 Å². The molecule has 0 saturated carbocycles. The first-order valence-electron chi connectivity index (χ1n) is 8.99. The zero-order valence-electron chi connectivity index (χ0n) is 15.8. The standard InChI is InChI=1S/C22H21F2IO4/c1-2-28-20(21(26)27)14-16-8-9-19(18(25)13-16)29-12-5-3-4-10-22(24)11-6-7-17(23)15-22/h3,5-9,11,13,20H,2,12,14-15H2,1H3,(H,26,27)/b5-3-/t20-,22?/m0/s1. The number of aliphatic carboxylic acids is 1. The van der Waals surface area contributed by atoms with Crippen LogP contribution in [-0.2, 0) is 16.0 Å². The molecule has 4 nitrogen and oxygen atoms in total. The van der Waals surface area contributed by atoms with E-state index in [1.165, 1.54) is 24.3 Å². The average molecular weight is 514 g/mol. The van der Waals surface area contributed by atoms with E-state index in [4.69, 9.17) is 9.47 Å². The number of rotatable bonds is 8. The predicted octanol–water partition coefficient (Wildman–Crippen LogP) is 4.78. The Morgan fingerprint density at radius 3 is 2.93 bits per heavy atom. The zero-order valence-corrected chi connectivity index (χ0v) is 18.0. The maximum atomic E-state index is 14.2. The molecule has 0 amide bonds. The van der Waals surface area contributed by atoms with Gasteiger partial charge in [-0.1, -0.05) is 24.0 Å². The van der Waals surface area contributed by atoms with Gasteiger partial charge in [0.15, 0.2) is 11.8 Å². The molecule has 0 bridgehead atoms. The van der Waals surface area contributed by atoms with E-state index in [-0.39, 0.29) is 19.4 Å². The minimum Gasteiger partial charge on any atom is -0.488 e. The summed E-state index contributed by atoms with van der Waals surface area (Å²) in [5.41, 5.74) is -1.15. The van der Waals surface area contributed by atoms with Crippen LogP contribution in [0.25, 0.3) is 0 Å². The predicted molar refractivity (Wildman–Crippen MR) is 115 cm³/mol. The minimum atomic E-state index is -1.98. The van der Waals surface area contributed by atoms with Gasteiger partial charge in [0.1, 0.15) is 18.2 Å². The Bertz CT molecular complexity index is 883. The van der Waals surface area contributed by atoms with Gasteiger partial charge in [0.05, 0.1) is 3.57 Å². The van der Waals surface area contributed by atoms with Crippen molar-refractivity contribution in [3.63, 3.8) is 0 Å². The second-order valence-electron chi connectivity index (χ2n) is 6.25. The fourth-order valence-corrected chi connectivity index (χ4v) is 3.32. The third-order valence-corrected chi connectivity index (χ3v) is 4.78. The summed E-state index contributed by atoms with van der Waals surface area (Å²) < 4.78 is 39.1. The van der Waals surface area contributed by atoms with Gasteiger partial charge in [0.25, 0.3) is 0 Å². The van der Waals surface area contributed by atoms with Crippen LogP contribution in [0.2, 0.25) is 0 Å². The van der Waals surface area contributed by atoms with Gasteiger partial charge in [-0.25, -0.2) is 13.6 Å². The third-order valence-electron chi connectivity index (χ3n) is 3.94. The molecular weight excluding hydrogens is 493 g/mol. The molecule has 1 aliphatic carbocycles. The van der Waals surface area contributed by atoms with Crippen LogP contribution >= 0.6 is 22.6 Å². The van der Waals surface area contributed by atoms with E-state index >= 15 is 0 Å². The third kappa shape index (κ3) is 7.63. The van der Waals surface area contributed by atoms with Crippen LogP contribution in [0, 0.1) is 15.4 Å². The van der Waals surface area contributed by atoms with Crippen molar-refractivity contribution in [1.82, 2.24) is 0 Å². The van der Waals surface area contributed by atoms with Crippen molar-refractivity contribution in [2.45, 2.75) is 31.5 Å². The van der Waals surface area contributed by atoms with Crippen molar-refractivity contribution >= 4 is 28.6 Å². The molecule has 1 aliphatic rings. The quantitative estimate of drug-likeness (QED) is 0.401. The fourth-order valence-electron chi connectivity index (χ4n) is 2.58. The fraction of sp³-hybridized carbons (Fsp3) is 0.318. The van der Waals surface area contributed by atoms with Gasteiger partial charge in [0, 0.05) is 19.4 Å². The summed E-state index contributed by atoms with van der Waals surface area (Å²) >= 11 is 2.11. The SMILES string of the molecule is CCO[C@@H](Cc1ccc(OC/C=C\C#CC2(F)C=CC=C(F)C2)c(I)c1)C(=O)O. The minimum absolute atomic E-state index is 0.226. The molecule has 0 aliphatic heterocycles. The van der Waals surface area contributed by atoms with E-state index in [9.17, 15) is 18.7 Å². The van der Waals surface area contributed by atoms with E-state index in [0.717, 1.165) is 9.13 Å². The Balaban J connectivity index is 1.88. The highest BCUT2D eigenvalue weighted by Crippen LogP contribution is 2.27. The number of benzene rings is 1. The van der Waals surface area contributed by atoms with Gasteiger partial charge >= 0.3 is 5.97 Å². The lowest BCUT2D eigenvalue weighted by molar-refractivity contribution is -0.149. The summed E-state index contributed by atoms with van der Waals surface area (Å²) in [5.74, 6) is 4.07. The molecule has 1 unspecified atom stereocenters. The van der Waals surface area contributed by atoms with Crippen LogP contribution in [0.3, 0.4) is 0 Å². The summed E-state index contributed by atoms with van der Waals surface area (Å²) in [6, 6.07) is 5.40. The van der Waals surface area contributed by atoms with Crippen molar-refractivity contribution in [2.24, 2.45) is 0 Å². The zero-order chi connectivity index (χ0) is 21.3. The Morgan fingerprint density at radius 2 is 2.28 bits per heavy atom. The summed E-state index contributed by atoms with van der Waals surface area (Å²) in [6.45, 7) is 2.31. The first-order valence-corrected chi connectivity index (χ1v) is 10.1. The number of alkyl halides is 1. The monoisotopic (exact) mass is 514 g/mol. The lowest BCUT2D eigenvalue weighted by Gasteiger charge is -2.15. The van der Waals surface area contributed by atoms with E-state index < -0.39 is 23.6 Å². The van der Waals surface area contributed by atoms with Crippen molar-refractivity contribution in [2.75, 3.05) is 13.2 Å². The molecule has 7 heteroatoms. The number of allylic oxidation sites excluding steroid dienone is 5. The maximum Gasteiger partial charge on any atom is 0.333 e. The molecule has 0 heterocycles. The first-order chi connectivity index (χ1) is 13.8. The molecule has 0 radical (unpaired) electrons. The highest BCUT2D eigenvalue weighted by Gasteiger charge is 2.27. The van der Waals surface area contributed by atoms with Crippen LogP contribution < -0.4 is 4.74 Å². The lowest BCUT2D eigenvalue weighted by atomic mass is 9.97. The van der Waals surface area contributed by atoms with Gasteiger partial charge in [0.2, 0.25) is 0 Å². The molecule has 0 aromatic heterocycles. The summed E-state index contributed by atoms with van der Waals surface area (Å²) in [6.07, 6.45) is 5.87. The largest absolute Gasteiger partial charge is 0.488 e. The Hall–Kier alpha value is -2.18. The molecule has 0 fully saturated rings. The molecule has 154 valence electrons. The van der Waals surface area contributed by atoms with Crippen molar-refractivity contribution < 1.29 is 28.2 Å². The maximum absolute atomic E-state index is 14.2. The molecule has 0 saturated heterocycles. The van der Waals surface area contributed by atoms with Crippen molar-refractivity contribution in [1.29, 1.82) is 0 Å². The number of hydrogen-bond acceptors (Lipinski definition) is 3.